The first-order valence-corrected chi connectivity index (χ1v) is 8.70. The maximum absolute atomic E-state index is 12.4. The normalized spacial score (nSPS) is 17.5. The second kappa shape index (κ2) is 6.70. The van der Waals surface area contributed by atoms with Gasteiger partial charge in [-0.1, -0.05) is 0 Å². The first-order chi connectivity index (χ1) is 12.6. The fraction of sp³-hybridized carbons (Fsp3) is 0.389. The lowest BCUT2D eigenvalue weighted by Crippen LogP contribution is -2.35. The maximum Gasteiger partial charge on any atom is 0.258 e. The maximum atomic E-state index is 12.4. The fourth-order valence-electron chi connectivity index (χ4n) is 3.49. The summed E-state index contributed by atoms with van der Waals surface area (Å²) in [7, 11) is 3.46. The number of carbonyl (C=O) groups excluding carboxylic acids is 1. The molecule has 1 saturated heterocycles. The molecule has 1 fully saturated rings. The van der Waals surface area contributed by atoms with Crippen molar-refractivity contribution in [1.29, 1.82) is 0 Å². The molecule has 134 valence electrons. The SMILES string of the molecule is CN(C)C(=O)c1cnn2c([C@@H]3CCCN(c4cnccn4)C3)ccnc12. The van der Waals surface area contributed by atoms with Crippen molar-refractivity contribution in [2.45, 2.75) is 18.8 Å². The third-order valence-corrected chi connectivity index (χ3v) is 4.78. The highest BCUT2D eigenvalue weighted by Gasteiger charge is 2.26. The molecule has 8 heteroatoms. The van der Waals surface area contributed by atoms with E-state index in [1.54, 1.807) is 50.0 Å². The molecular formula is C18H21N7O. The number of hydrogen-bond acceptors (Lipinski definition) is 6. The number of piperidine rings is 1. The van der Waals surface area contributed by atoms with Gasteiger partial charge in [0.2, 0.25) is 0 Å². The zero-order valence-corrected chi connectivity index (χ0v) is 14.9. The Kier molecular flexibility index (Phi) is 4.24. The van der Waals surface area contributed by atoms with Crippen molar-refractivity contribution in [2.24, 2.45) is 0 Å². The summed E-state index contributed by atoms with van der Waals surface area (Å²) in [6, 6.07) is 1.99. The second-order valence-electron chi connectivity index (χ2n) is 6.71. The van der Waals surface area contributed by atoms with Crippen LogP contribution >= 0.6 is 0 Å². The summed E-state index contributed by atoms with van der Waals surface area (Å²) < 4.78 is 1.81. The van der Waals surface area contributed by atoms with E-state index < -0.39 is 0 Å². The molecule has 0 radical (unpaired) electrons. The van der Waals surface area contributed by atoms with E-state index >= 15 is 0 Å². The molecule has 4 heterocycles. The van der Waals surface area contributed by atoms with Gasteiger partial charge in [-0.15, -0.1) is 0 Å². The van der Waals surface area contributed by atoms with E-state index in [1.165, 1.54) is 0 Å². The molecule has 0 aliphatic carbocycles. The van der Waals surface area contributed by atoms with Gasteiger partial charge in [-0.25, -0.2) is 14.5 Å². The van der Waals surface area contributed by atoms with Gasteiger partial charge in [0, 0.05) is 51.7 Å². The summed E-state index contributed by atoms with van der Waals surface area (Å²) >= 11 is 0. The zero-order valence-electron chi connectivity index (χ0n) is 14.9. The van der Waals surface area contributed by atoms with Gasteiger partial charge in [-0.2, -0.15) is 5.10 Å². The molecule has 1 atom stereocenters. The van der Waals surface area contributed by atoms with Crippen molar-refractivity contribution in [3.05, 3.63) is 48.3 Å². The molecule has 0 saturated carbocycles. The number of anilines is 1. The van der Waals surface area contributed by atoms with E-state index in [0.29, 0.717) is 17.1 Å². The Morgan fingerprint density at radius 2 is 2.08 bits per heavy atom. The van der Waals surface area contributed by atoms with Crippen molar-refractivity contribution in [1.82, 2.24) is 29.5 Å². The predicted octanol–water partition coefficient (Wildman–Crippen LogP) is 1.61. The molecule has 3 aromatic rings. The lowest BCUT2D eigenvalue weighted by molar-refractivity contribution is 0.0829. The molecule has 1 aliphatic rings. The predicted molar refractivity (Wildman–Crippen MR) is 97.2 cm³/mol. The van der Waals surface area contributed by atoms with Crippen LogP contribution in [0.15, 0.2) is 37.1 Å². The molecule has 0 bridgehead atoms. The standard InChI is InChI=1S/C18H21N7O/c1-23(2)18(26)14-10-22-25-15(5-6-21-17(14)25)13-4-3-9-24(12-13)16-11-19-7-8-20-16/h5-8,10-11,13H,3-4,9,12H2,1-2H3/t13-/m1/s1. The van der Waals surface area contributed by atoms with Gasteiger partial charge in [0.1, 0.15) is 11.4 Å². The van der Waals surface area contributed by atoms with Crippen molar-refractivity contribution >= 4 is 17.4 Å². The van der Waals surface area contributed by atoms with Crippen LogP contribution in [0, 0.1) is 0 Å². The summed E-state index contributed by atoms with van der Waals surface area (Å²) in [5.41, 5.74) is 2.21. The number of amides is 1. The number of hydrogen-bond donors (Lipinski definition) is 0. The molecule has 0 unspecified atom stereocenters. The third kappa shape index (κ3) is 2.87. The second-order valence-corrected chi connectivity index (χ2v) is 6.71. The van der Waals surface area contributed by atoms with Gasteiger partial charge in [0.15, 0.2) is 5.65 Å². The third-order valence-electron chi connectivity index (χ3n) is 4.78. The largest absolute Gasteiger partial charge is 0.355 e. The minimum atomic E-state index is -0.0884. The van der Waals surface area contributed by atoms with E-state index in [-0.39, 0.29) is 5.91 Å². The van der Waals surface area contributed by atoms with E-state index in [4.69, 9.17) is 0 Å². The molecule has 1 amide bonds. The Bertz CT molecular complexity index is 922. The van der Waals surface area contributed by atoms with Crippen LogP contribution in [-0.4, -0.2) is 62.6 Å². The van der Waals surface area contributed by atoms with Crippen LogP contribution < -0.4 is 4.90 Å². The lowest BCUT2D eigenvalue weighted by Gasteiger charge is -2.33. The van der Waals surface area contributed by atoms with E-state index in [0.717, 1.165) is 37.4 Å². The average molecular weight is 351 g/mol. The van der Waals surface area contributed by atoms with Gasteiger partial charge < -0.3 is 9.80 Å². The van der Waals surface area contributed by atoms with Crippen molar-refractivity contribution < 1.29 is 4.79 Å². The van der Waals surface area contributed by atoms with Gasteiger partial charge >= 0.3 is 0 Å². The Morgan fingerprint density at radius 3 is 2.85 bits per heavy atom. The highest BCUT2D eigenvalue weighted by Crippen LogP contribution is 2.29. The molecule has 3 aromatic heterocycles. The minimum Gasteiger partial charge on any atom is -0.355 e. The van der Waals surface area contributed by atoms with Gasteiger partial charge in [-0.3, -0.25) is 9.78 Å². The summed E-state index contributed by atoms with van der Waals surface area (Å²) in [6.07, 6.45) is 10.7. The van der Waals surface area contributed by atoms with Gasteiger partial charge in [0.25, 0.3) is 5.91 Å². The summed E-state index contributed by atoms with van der Waals surface area (Å²) in [5.74, 6) is 1.10. The van der Waals surface area contributed by atoms with Crippen LogP contribution in [0.3, 0.4) is 0 Å². The van der Waals surface area contributed by atoms with Gasteiger partial charge in [0.05, 0.1) is 18.1 Å². The Morgan fingerprint density at radius 1 is 1.19 bits per heavy atom. The monoisotopic (exact) mass is 351 g/mol. The number of aromatic nitrogens is 5. The Balaban J connectivity index is 1.67. The number of rotatable bonds is 3. The zero-order chi connectivity index (χ0) is 18.1. The molecule has 8 nitrogen and oxygen atoms in total. The molecule has 0 spiro atoms. The van der Waals surface area contributed by atoms with Crippen molar-refractivity contribution in [3.8, 4) is 0 Å². The van der Waals surface area contributed by atoms with Crippen LogP contribution in [0.4, 0.5) is 5.82 Å². The smallest absolute Gasteiger partial charge is 0.258 e. The van der Waals surface area contributed by atoms with E-state index in [2.05, 4.69) is 25.0 Å². The van der Waals surface area contributed by atoms with Gasteiger partial charge in [-0.05, 0) is 18.9 Å². The molecule has 4 rings (SSSR count). The van der Waals surface area contributed by atoms with Crippen molar-refractivity contribution in [2.75, 3.05) is 32.1 Å². The highest BCUT2D eigenvalue weighted by molar-refractivity contribution is 5.99. The van der Waals surface area contributed by atoms with Crippen LogP contribution in [0.25, 0.3) is 5.65 Å². The van der Waals surface area contributed by atoms with Crippen LogP contribution in [0.1, 0.15) is 34.8 Å². The topological polar surface area (TPSA) is 79.5 Å². The van der Waals surface area contributed by atoms with Crippen LogP contribution in [0.2, 0.25) is 0 Å². The summed E-state index contributed by atoms with van der Waals surface area (Å²) in [5, 5.41) is 4.46. The minimum absolute atomic E-state index is 0.0884. The first kappa shape index (κ1) is 16.4. The molecular weight excluding hydrogens is 330 g/mol. The first-order valence-electron chi connectivity index (χ1n) is 8.70. The number of nitrogens with zero attached hydrogens (tertiary/aromatic N) is 7. The van der Waals surface area contributed by atoms with E-state index in [9.17, 15) is 4.79 Å². The van der Waals surface area contributed by atoms with Crippen LogP contribution in [-0.2, 0) is 0 Å². The average Bonchev–Trinajstić information content (AvgIpc) is 3.12. The molecule has 1 aliphatic heterocycles. The Labute approximate surface area is 151 Å². The highest BCUT2D eigenvalue weighted by atomic mass is 16.2. The van der Waals surface area contributed by atoms with E-state index in [1.807, 2.05) is 10.6 Å². The number of fused-ring (bicyclic) bond motifs is 1. The number of carbonyl (C=O) groups is 1. The lowest BCUT2D eigenvalue weighted by atomic mass is 9.94. The fourth-order valence-corrected chi connectivity index (χ4v) is 3.49. The molecule has 0 N–H and O–H groups in total. The molecule has 26 heavy (non-hydrogen) atoms. The molecule has 0 aromatic carbocycles. The van der Waals surface area contributed by atoms with Crippen LogP contribution in [0.5, 0.6) is 0 Å². The summed E-state index contributed by atoms with van der Waals surface area (Å²) in [6.45, 7) is 1.81. The summed E-state index contributed by atoms with van der Waals surface area (Å²) in [4.78, 5) is 29.1. The quantitative estimate of drug-likeness (QED) is 0.713. The van der Waals surface area contributed by atoms with Crippen molar-refractivity contribution in [3.63, 3.8) is 0 Å². The Hall–Kier alpha value is -3.03.